The molecule has 0 bridgehead atoms. The average Bonchev–Trinajstić information content (AvgIpc) is 1.63. The van der Waals surface area contributed by atoms with Crippen molar-refractivity contribution in [2.45, 2.75) is 25.7 Å². The fraction of sp³-hybridized carbons (Fsp3) is 0.100. The molecule has 4 aromatic carbocycles. The molecule has 0 fully saturated rings. The second kappa shape index (κ2) is 28.4. The van der Waals surface area contributed by atoms with Gasteiger partial charge < -0.3 is 63.7 Å². The van der Waals surface area contributed by atoms with E-state index in [1.165, 1.54) is 24.3 Å². The summed E-state index contributed by atoms with van der Waals surface area (Å²) in [4.78, 5) is 66.0. The molecule has 0 amide bonds. The van der Waals surface area contributed by atoms with Crippen molar-refractivity contribution >= 4 is 88.3 Å². The van der Waals surface area contributed by atoms with E-state index in [2.05, 4.69) is 157 Å². The number of hydrogen-bond donors (Lipinski definition) is 10. The number of pyridine rings is 8. The Kier molecular flexibility index (Phi) is 17.0. The summed E-state index contributed by atoms with van der Waals surface area (Å²) in [5.41, 5.74) is 20.3. The van der Waals surface area contributed by atoms with E-state index < -0.39 is 12.6 Å². The Hall–Kier alpha value is -15.9. The number of nitrogens with one attached hydrogen (secondary N) is 10. The van der Waals surface area contributed by atoms with Crippen LogP contribution >= 0.6 is 0 Å². The zero-order chi connectivity index (χ0) is 79.0. The van der Waals surface area contributed by atoms with Crippen LogP contribution in [0.4, 0.5) is 17.6 Å². The van der Waals surface area contributed by atoms with Crippen molar-refractivity contribution in [1.29, 1.82) is 0 Å². The molecule has 16 aromatic heterocycles. The number of benzene rings is 4. The van der Waals surface area contributed by atoms with Gasteiger partial charge in [0.2, 0.25) is 6.79 Å². The lowest BCUT2D eigenvalue weighted by molar-refractivity contribution is -0.287. The van der Waals surface area contributed by atoms with Gasteiger partial charge in [0, 0.05) is 174 Å². The van der Waals surface area contributed by atoms with Gasteiger partial charge >= 0.3 is 12.6 Å². The van der Waals surface area contributed by atoms with Crippen LogP contribution in [0.1, 0.15) is 11.1 Å². The molecule has 10 N–H and O–H groups in total. The maximum absolute atomic E-state index is 13.3. The van der Waals surface area contributed by atoms with E-state index in [0.29, 0.717) is 97.4 Å². The van der Waals surface area contributed by atoms with Gasteiger partial charge in [0.15, 0.2) is 80.4 Å². The average molecular weight is 1570 g/mol. The van der Waals surface area contributed by atoms with Gasteiger partial charge in [-0.2, -0.15) is 20.4 Å². The normalized spacial score (nSPS) is 13.4. The standard InChI is InChI=1S/C21H15F2N7O2.C21H19N7O.C19H10F2N6O2.C19H12N6O2/c1-24-6-10-2-11(8-25-7-10)12-3-13-18(29-30-19(13)26-9-12)20-27-14-4-16-17(5-15(14)28-20)32-21(22,23)31-16;1-22-8-12-5-13(10-23-9-12)14-6-16-19(27-28-20(16)24-11-14)21-25-17-4-3-15(29-2)7-18(17)26-21;20-19(21)28-14-5-12-13(6-15(14)29-19)25-18(24-12)16-11-4-10(8-23-17(11)27-26-16)9-2-1-3-22-7-9;1-2-10(7-20-3-1)11-4-12-17(24-25-18(12)21-8-11)19-22-13-5-15-16(27-9-26-15)6-14(13)23-19/h2-5,7-9,24H,6H2,1H3,(H,27,28)(H,26,29,30);3-7,9-11,22H,8H2,1-2H3,(H,25,26)(H,24,27,28);1-8H,(H,24,25)(H,23,26,27);1-8H,9H2,(H,22,23)(H,21,24,25). The molecule has 20 aromatic rings. The van der Waals surface area contributed by atoms with Gasteiger partial charge in [0.1, 0.15) is 28.5 Å². The zero-order valence-electron chi connectivity index (χ0n) is 61.0. The van der Waals surface area contributed by atoms with E-state index in [9.17, 15) is 17.6 Å². The summed E-state index contributed by atoms with van der Waals surface area (Å²) in [6.45, 7) is 1.70. The van der Waals surface area contributed by atoms with Crippen molar-refractivity contribution in [3.8, 4) is 131 Å². The quantitative estimate of drug-likeness (QED) is 0.0479. The number of H-pyrrole nitrogens is 8. The minimum atomic E-state index is -3.68. The minimum Gasteiger partial charge on any atom is -0.497 e. The van der Waals surface area contributed by atoms with Gasteiger partial charge in [0.25, 0.3) is 0 Å². The van der Waals surface area contributed by atoms with Crippen LogP contribution in [0.2, 0.25) is 0 Å². The number of alkyl halides is 4. The first kappa shape index (κ1) is 70.2. The second-order valence-electron chi connectivity index (χ2n) is 26.9. The third-order valence-electron chi connectivity index (χ3n) is 19.3. The number of aromatic nitrogens is 24. The largest absolute Gasteiger partial charge is 0.586 e. The maximum atomic E-state index is 13.3. The lowest BCUT2D eigenvalue weighted by Gasteiger charge is -2.05. The summed E-state index contributed by atoms with van der Waals surface area (Å²) in [7, 11) is 5.44. The van der Waals surface area contributed by atoms with Crippen molar-refractivity contribution in [3.05, 3.63) is 201 Å². The van der Waals surface area contributed by atoms with Gasteiger partial charge in [-0.15, -0.1) is 17.6 Å². The molecular formula is C80H56F4N26O7. The molecule has 0 aliphatic carbocycles. The Morgan fingerprint density at radius 2 is 0.709 bits per heavy atom. The van der Waals surface area contributed by atoms with Crippen LogP contribution in [0, 0.1) is 0 Å². The molecule has 0 spiro atoms. The molecule has 19 heterocycles. The lowest BCUT2D eigenvalue weighted by Crippen LogP contribution is -2.25. The molecule has 0 unspecified atom stereocenters. The molecule has 3 aliphatic heterocycles. The highest BCUT2D eigenvalue weighted by Crippen LogP contribution is 2.46. The Balaban J connectivity index is 0.000000101. The number of nitrogens with zero attached hydrogens (tertiary/aromatic N) is 16. The van der Waals surface area contributed by atoms with Crippen LogP contribution in [0.15, 0.2) is 190 Å². The number of halogens is 4. The lowest BCUT2D eigenvalue weighted by atomic mass is 10.1. The fourth-order valence-corrected chi connectivity index (χ4v) is 13.8. The summed E-state index contributed by atoms with van der Waals surface area (Å²) in [5, 5.41) is 38.7. The SMILES string of the molecule is CNCc1cncc(-c2cnc3n[nH]c(-c4nc5cc6c(cc5[nH]4)OC(F)(F)O6)c3c2)c1.CNCc1cncc(-c2cnc3n[nH]c(-c4nc5ccc(OC)cc5[nH]4)c3c2)c1.FC1(F)Oc2cc3nc(-c4[nH]nc5ncc(-c6cccnc6)cc45)[nH]c3cc2O1.c1cncc(-c2cnc3n[nH]c(-c4nc5cc6c(cc5[nH]4)OCO6)c3c2)c1. The molecule has 0 saturated carbocycles. The summed E-state index contributed by atoms with van der Waals surface area (Å²) in [6, 6.07) is 35.0. The minimum absolute atomic E-state index is 0.0484. The van der Waals surface area contributed by atoms with E-state index in [1.807, 2.05) is 124 Å². The summed E-state index contributed by atoms with van der Waals surface area (Å²) >= 11 is 0. The van der Waals surface area contributed by atoms with Crippen molar-refractivity contribution in [2.24, 2.45) is 0 Å². The number of fused-ring (bicyclic) bond motifs is 11. The Morgan fingerprint density at radius 1 is 0.368 bits per heavy atom. The van der Waals surface area contributed by atoms with Gasteiger partial charge in [-0.05, 0) is 85.9 Å². The molecule has 0 radical (unpaired) electrons. The molecule has 3 aliphatic rings. The van der Waals surface area contributed by atoms with E-state index in [4.69, 9.17) is 19.2 Å². The summed E-state index contributed by atoms with van der Waals surface area (Å²) < 4.78 is 87.3. The number of aromatic amines is 8. The van der Waals surface area contributed by atoms with Gasteiger partial charge in [0.05, 0.1) is 72.8 Å². The molecule has 117 heavy (non-hydrogen) atoms. The van der Waals surface area contributed by atoms with Crippen LogP contribution in [0.25, 0.3) is 179 Å². The molecule has 0 atom stereocenters. The number of methoxy groups -OCH3 is 1. The fourth-order valence-electron chi connectivity index (χ4n) is 13.8. The first-order chi connectivity index (χ1) is 57.1. The monoisotopic (exact) mass is 1570 g/mol. The van der Waals surface area contributed by atoms with Gasteiger partial charge in [-0.3, -0.25) is 40.3 Å². The summed E-state index contributed by atoms with van der Waals surface area (Å²) in [5.74, 6) is 4.34. The van der Waals surface area contributed by atoms with E-state index in [1.54, 1.807) is 50.5 Å². The van der Waals surface area contributed by atoms with Crippen molar-refractivity contribution in [2.75, 3.05) is 28.0 Å². The third-order valence-corrected chi connectivity index (χ3v) is 19.3. The van der Waals surface area contributed by atoms with Crippen LogP contribution in [0.3, 0.4) is 0 Å². The number of rotatable bonds is 13. The van der Waals surface area contributed by atoms with E-state index in [-0.39, 0.29) is 29.8 Å². The molecule has 37 heteroatoms. The number of hydrogen-bond acceptors (Lipinski definition) is 25. The Morgan fingerprint density at radius 3 is 1.09 bits per heavy atom. The molecule has 0 saturated heterocycles. The molecule has 33 nitrogen and oxygen atoms in total. The Bertz CT molecular complexity index is 7100. The number of imidazole rings is 4. The molecule has 576 valence electrons. The van der Waals surface area contributed by atoms with Crippen molar-refractivity contribution in [3.63, 3.8) is 0 Å². The molecule has 23 rings (SSSR count). The number of ether oxygens (including phenoxy) is 7. The highest BCUT2D eigenvalue weighted by atomic mass is 19.3. The summed E-state index contributed by atoms with van der Waals surface area (Å²) in [6.07, 6.45) is 14.0. The van der Waals surface area contributed by atoms with Crippen molar-refractivity contribution in [1.82, 2.24) is 131 Å². The van der Waals surface area contributed by atoms with Crippen molar-refractivity contribution < 1.29 is 50.7 Å². The van der Waals surface area contributed by atoms with Gasteiger partial charge in [-0.25, -0.2) is 39.9 Å². The first-order valence-electron chi connectivity index (χ1n) is 35.9. The molecular weight excluding hydrogens is 1510 g/mol. The predicted octanol–water partition coefficient (Wildman–Crippen LogP) is 14.1. The smallest absolute Gasteiger partial charge is 0.497 e. The topological polar surface area (TPSA) is 421 Å². The van der Waals surface area contributed by atoms with Crippen LogP contribution in [-0.2, 0) is 13.1 Å². The third kappa shape index (κ3) is 13.5. The predicted molar refractivity (Wildman–Crippen MR) is 419 cm³/mol. The highest BCUT2D eigenvalue weighted by molar-refractivity contribution is 5.98. The van der Waals surface area contributed by atoms with Crippen LogP contribution in [0.5, 0.6) is 40.2 Å². The Labute approximate surface area is 652 Å². The highest BCUT2D eigenvalue weighted by Gasteiger charge is 2.45. The van der Waals surface area contributed by atoms with E-state index in [0.717, 1.165) is 123 Å². The van der Waals surface area contributed by atoms with E-state index >= 15 is 0 Å². The van der Waals surface area contributed by atoms with Crippen LogP contribution < -0.4 is 43.8 Å². The second-order valence-corrected chi connectivity index (χ2v) is 26.9. The zero-order valence-corrected chi connectivity index (χ0v) is 61.0. The maximum Gasteiger partial charge on any atom is 0.586 e. The van der Waals surface area contributed by atoms with Crippen LogP contribution in [-0.4, -0.2) is 161 Å². The van der Waals surface area contributed by atoms with Gasteiger partial charge in [-0.1, -0.05) is 12.1 Å². The first-order valence-corrected chi connectivity index (χ1v) is 35.9.